The van der Waals surface area contributed by atoms with E-state index in [4.69, 9.17) is 5.41 Å². The molecule has 3 aromatic rings. The molecule has 0 bridgehead atoms. The second-order valence-corrected chi connectivity index (χ2v) is 6.67. The van der Waals surface area contributed by atoms with Gasteiger partial charge in [0.05, 0.1) is 23.2 Å². The lowest BCUT2D eigenvalue weighted by atomic mass is 10.1. The summed E-state index contributed by atoms with van der Waals surface area (Å²) in [7, 11) is 0. The number of aryl methyl sites for hydroxylation is 2. The van der Waals surface area contributed by atoms with E-state index in [0.29, 0.717) is 11.1 Å². The summed E-state index contributed by atoms with van der Waals surface area (Å²) in [5.74, 6) is 0.670. The van der Waals surface area contributed by atoms with Crippen molar-refractivity contribution in [2.24, 2.45) is 0 Å². The maximum atomic E-state index is 12.7. The first kappa shape index (κ1) is 17.8. The van der Waals surface area contributed by atoms with Crippen LogP contribution < -0.4 is 5.43 Å². The number of rotatable bonds is 4. The van der Waals surface area contributed by atoms with E-state index in [1.54, 1.807) is 12.1 Å². The van der Waals surface area contributed by atoms with Crippen molar-refractivity contribution in [2.45, 2.75) is 20.4 Å². The molecule has 0 spiro atoms. The molecular formula is C21H21N5O2. The highest BCUT2D eigenvalue weighted by Crippen LogP contribution is 2.26. The van der Waals surface area contributed by atoms with Crippen LogP contribution in [-0.4, -0.2) is 38.0 Å². The predicted octanol–water partition coefficient (Wildman–Crippen LogP) is 3.27. The number of amidine groups is 1. The quantitative estimate of drug-likeness (QED) is 0.652. The molecule has 3 N–H and O–H groups in total. The van der Waals surface area contributed by atoms with Gasteiger partial charge in [-0.3, -0.25) is 20.6 Å². The lowest BCUT2D eigenvalue weighted by molar-refractivity contribution is 0.0874. The summed E-state index contributed by atoms with van der Waals surface area (Å²) < 4.78 is 2.08. The average Bonchev–Trinajstić information content (AvgIpc) is 3.16. The number of hydrogen-bond acceptors (Lipinski definition) is 4. The number of fused-ring (bicyclic) bond motifs is 1. The Morgan fingerprint density at radius 1 is 1.25 bits per heavy atom. The molecule has 0 saturated carbocycles. The van der Waals surface area contributed by atoms with Gasteiger partial charge in [-0.2, -0.15) is 0 Å². The zero-order valence-corrected chi connectivity index (χ0v) is 15.7. The summed E-state index contributed by atoms with van der Waals surface area (Å²) in [5, 5.41) is 20.0. The molecule has 1 aliphatic rings. The van der Waals surface area contributed by atoms with Crippen molar-refractivity contribution in [1.29, 1.82) is 5.41 Å². The van der Waals surface area contributed by atoms with Crippen LogP contribution in [0.15, 0.2) is 54.3 Å². The summed E-state index contributed by atoms with van der Waals surface area (Å²) >= 11 is 0. The zero-order valence-electron chi connectivity index (χ0n) is 15.7. The molecule has 142 valence electrons. The van der Waals surface area contributed by atoms with Crippen molar-refractivity contribution >= 4 is 28.3 Å². The number of amides is 1. The van der Waals surface area contributed by atoms with Gasteiger partial charge < -0.3 is 9.67 Å². The van der Waals surface area contributed by atoms with Gasteiger partial charge in [0.15, 0.2) is 5.84 Å². The number of benzene rings is 2. The van der Waals surface area contributed by atoms with Crippen LogP contribution in [0.1, 0.15) is 28.7 Å². The van der Waals surface area contributed by atoms with E-state index < -0.39 is 0 Å². The zero-order chi connectivity index (χ0) is 19.8. The summed E-state index contributed by atoms with van der Waals surface area (Å²) in [5.41, 5.74) is 6.07. The van der Waals surface area contributed by atoms with Gasteiger partial charge in [0.1, 0.15) is 11.6 Å². The number of imidazole rings is 1. The van der Waals surface area contributed by atoms with Gasteiger partial charge in [-0.25, -0.2) is 4.98 Å². The van der Waals surface area contributed by atoms with Crippen LogP contribution in [-0.2, 0) is 6.54 Å². The monoisotopic (exact) mass is 375 g/mol. The molecule has 1 amide bonds. The first-order chi connectivity index (χ1) is 13.5. The number of carbonyl (C=O) groups excluding carboxylic acids is 1. The Bertz CT molecular complexity index is 1110. The third kappa shape index (κ3) is 2.90. The van der Waals surface area contributed by atoms with E-state index in [1.807, 2.05) is 43.3 Å². The number of aromatic nitrogens is 2. The summed E-state index contributed by atoms with van der Waals surface area (Å²) in [6.45, 7) is 4.86. The second-order valence-electron chi connectivity index (χ2n) is 6.67. The molecule has 7 nitrogen and oxygen atoms in total. The SMILES string of the molecule is CCn1c(C)nc2cc(C(=O)NN3CC(O)=C(c4ccccc4)C3=N)ccc21. The lowest BCUT2D eigenvalue weighted by Gasteiger charge is -2.19. The molecule has 0 radical (unpaired) electrons. The van der Waals surface area contributed by atoms with Crippen molar-refractivity contribution in [3.8, 4) is 0 Å². The molecule has 1 aromatic heterocycles. The number of carbonyl (C=O) groups is 1. The highest BCUT2D eigenvalue weighted by molar-refractivity contribution is 6.24. The third-order valence-corrected chi connectivity index (χ3v) is 4.92. The van der Waals surface area contributed by atoms with Crippen LogP contribution in [0, 0.1) is 12.3 Å². The number of aliphatic hydroxyl groups is 1. The molecule has 2 aromatic carbocycles. The van der Waals surface area contributed by atoms with Crippen molar-refractivity contribution in [3.63, 3.8) is 0 Å². The van der Waals surface area contributed by atoms with Crippen molar-refractivity contribution in [1.82, 2.24) is 20.0 Å². The molecule has 0 aliphatic carbocycles. The first-order valence-corrected chi connectivity index (χ1v) is 9.11. The minimum absolute atomic E-state index is 0.0562. The van der Waals surface area contributed by atoms with E-state index in [2.05, 4.69) is 21.9 Å². The Balaban J connectivity index is 1.55. The summed E-state index contributed by atoms with van der Waals surface area (Å²) in [4.78, 5) is 17.2. The van der Waals surface area contributed by atoms with Gasteiger partial charge in [0.25, 0.3) is 5.91 Å². The average molecular weight is 375 g/mol. The summed E-state index contributed by atoms with van der Waals surface area (Å²) in [6.07, 6.45) is 0. The number of hydrazine groups is 1. The second kappa shape index (κ2) is 6.84. The number of nitrogens with one attached hydrogen (secondary N) is 2. The minimum Gasteiger partial charge on any atom is -0.510 e. The van der Waals surface area contributed by atoms with E-state index in [1.165, 1.54) is 5.01 Å². The highest BCUT2D eigenvalue weighted by Gasteiger charge is 2.29. The van der Waals surface area contributed by atoms with Crippen LogP contribution in [0.4, 0.5) is 0 Å². The number of aliphatic hydroxyl groups excluding tert-OH is 1. The lowest BCUT2D eigenvalue weighted by Crippen LogP contribution is -2.43. The normalized spacial score (nSPS) is 14.2. The maximum Gasteiger partial charge on any atom is 0.269 e. The molecule has 28 heavy (non-hydrogen) atoms. The molecule has 1 aliphatic heterocycles. The van der Waals surface area contributed by atoms with Crippen LogP contribution in [0.25, 0.3) is 16.6 Å². The van der Waals surface area contributed by atoms with Gasteiger partial charge >= 0.3 is 0 Å². The van der Waals surface area contributed by atoms with Crippen LogP contribution in [0.5, 0.6) is 0 Å². The maximum absolute atomic E-state index is 12.7. The van der Waals surface area contributed by atoms with Crippen LogP contribution in [0.3, 0.4) is 0 Å². The Morgan fingerprint density at radius 3 is 2.71 bits per heavy atom. The third-order valence-electron chi connectivity index (χ3n) is 4.92. The van der Waals surface area contributed by atoms with Crippen LogP contribution in [0.2, 0.25) is 0 Å². The molecule has 2 heterocycles. The van der Waals surface area contributed by atoms with Crippen LogP contribution >= 0.6 is 0 Å². The Morgan fingerprint density at radius 2 is 2.00 bits per heavy atom. The number of nitrogens with zero attached hydrogens (tertiary/aromatic N) is 3. The Kier molecular flexibility index (Phi) is 4.35. The van der Waals surface area contributed by atoms with Gasteiger partial charge in [-0.1, -0.05) is 30.3 Å². The molecule has 0 fully saturated rings. The molecule has 7 heteroatoms. The number of hydrogen-bond donors (Lipinski definition) is 3. The smallest absolute Gasteiger partial charge is 0.269 e. The predicted molar refractivity (Wildman–Crippen MR) is 108 cm³/mol. The van der Waals surface area contributed by atoms with E-state index in [9.17, 15) is 9.90 Å². The largest absolute Gasteiger partial charge is 0.510 e. The topological polar surface area (TPSA) is 94.2 Å². The van der Waals surface area contributed by atoms with Gasteiger partial charge in [0.2, 0.25) is 0 Å². The minimum atomic E-state index is -0.350. The van der Waals surface area contributed by atoms with E-state index >= 15 is 0 Å². The van der Waals surface area contributed by atoms with Crippen molar-refractivity contribution in [2.75, 3.05) is 6.54 Å². The highest BCUT2D eigenvalue weighted by atomic mass is 16.3. The van der Waals surface area contributed by atoms with Gasteiger partial charge in [-0.15, -0.1) is 0 Å². The molecular weight excluding hydrogens is 354 g/mol. The Labute approximate surface area is 162 Å². The molecule has 0 saturated heterocycles. The Hall–Kier alpha value is -3.61. The van der Waals surface area contributed by atoms with Gasteiger partial charge in [0, 0.05) is 12.1 Å². The molecule has 0 atom stereocenters. The fraction of sp³-hybridized carbons (Fsp3) is 0.190. The first-order valence-electron chi connectivity index (χ1n) is 9.11. The van der Waals surface area contributed by atoms with Crippen molar-refractivity contribution < 1.29 is 9.90 Å². The molecule has 4 rings (SSSR count). The fourth-order valence-corrected chi connectivity index (χ4v) is 3.56. The standard InChI is InChI=1S/C21H21N5O2/c1-3-25-13(2)23-16-11-15(9-10-17(16)25)21(28)24-26-12-18(27)19(20(26)22)14-7-5-4-6-8-14/h4-11,22,27H,3,12H2,1-2H3,(H,24,28). The van der Waals surface area contributed by atoms with Crippen molar-refractivity contribution in [3.05, 3.63) is 71.2 Å². The van der Waals surface area contributed by atoms with E-state index in [0.717, 1.165) is 29.0 Å². The van der Waals surface area contributed by atoms with Gasteiger partial charge in [-0.05, 0) is 37.6 Å². The summed E-state index contributed by atoms with van der Waals surface area (Å²) in [6, 6.07) is 14.6. The fourth-order valence-electron chi connectivity index (χ4n) is 3.56. The van der Waals surface area contributed by atoms with E-state index in [-0.39, 0.29) is 24.0 Å². The molecule has 0 unspecified atom stereocenters.